The molecule has 6 nitrogen and oxygen atoms in total. The van der Waals surface area contributed by atoms with E-state index in [1.165, 1.54) is 5.56 Å². The molecule has 0 spiro atoms. The van der Waals surface area contributed by atoms with Gasteiger partial charge in [-0.25, -0.2) is 4.98 Å². The Kier molecular flexibility index (Phi) is 9.53. The summed E-state index contributed by atoms with van der Waals surface area (Å²) in [6, 6.07) is 14.3. The molecular weight excluding hydrogens is 501 g/mol. The second-order valence-electron chi connectivity index (χ2n) is 6.61. The van der Waals surface area contributed by atoms with E-state index in [-0.39, 0.29) is 24.0 Å². The average molecular weight is 528 g/mol. The Morgan fingerprint density at radius 2 is 2.00 bits per heavy atom. The first-order valence-electron chi connectivity index (χ1n) is 9.35. The van der Waals surface area contributed by atoms with Crippen LogP contribution in [0.2, 0.25) is 5.15 Å². The number of nitrogens with one attached hydrogen (secondary N) is 1. The van der Waals surface area contributed by atoms with Gasteiger partial charge in [-0.2, -0.15) is 0 Å². The zero-order valence-electron chi connectivity index (χ0n) is 16.7. The quantitative estimate of drug-likeness (QED) is 0.272. The molecule has 0 saturated heterocycles. The van der Waals surface area contributed by atoms with Gasteiger partial charge in [-0.15, -0.1) is 24.0 Å². The summed E-state index contributed by atoms with van der Waals surface area (Å²) in [6.07, 6.45) is 5.05. The van der Waals surface area contributed by atoms with Crippen LogP contribution in [0.1, 0.15) is 17.1 Å². The summed E-state index contributed by atoms with van der Waals surface area (Å²) in [5, 5.41) is 4.09. The summed E-state index contributed by atoms with van der Waals surface area (Å²) < 4.78 is 7.28. The Morgan fingerprint density at radius 3 is 2.66 bits per heavy atom. The van der Waals surface area contributed by atoms with E-state index in [0.717, 1.165) is 36.9 Å². The van der Waals surface area contributed by atoms with Crippen LogP contribution in [0.15, 0.2) is 64.3 Å². The van der Waals surface area contributed by atoms with E-state index in [2.05, 4.69) is 39.5 Å². The molecule has 3 rings (SSSR count). The van der Waals surface area contributed by atoms with Crippen molar-refractivity contribution in [2.75, 3.05) is 20.1 Å². The van der Waals surface area contributed by atoms with Gasteiger partial charge < -0.3 is 19.2 Å². The van der Waals surface area contributed by atoms with Crippen molar-refractivity contribution >= 4 is 41.5 Å². The summed E-state index contributed by atoms with van der Waals surface area (Å²) in [6.45, 7) is 2.06. The molecule has 2 aromatic heterocycles. The van der Waals surface area contributed by atoms with Gasteiger partial charge in [0.2, 0.25) is 0 Å². The number of aromatic nitrogens is 2. The Hall–Kier alpha value is -2.00. The van der Waals surface area contributed by atoms with E-state index in [4.69, 9.17) is 21.0 Å². The number of hydrogen-bond acceptors (Lipinski definition) is 3. The molecule has 0 amide bonds. The van der Waals surface area contributed by atoms with Gasteiger partial charge >= 0.3 is 0 Å². The maximum atomic E-state index is 6.11. The second kappa shape index (κ2) is 11.9. The molecule has 0 aliphatic heterocycles. The summed E-state index contributed by atoms with van der Waals surface area (Å²) in [5.41, 5.74) is 1.29. The van der Waals surface area contributed by atoms with E-state index in [0.29, 0.717) is 18.2 Å². The van der Waals surface area contributed by atoms with Crippen molar-refractivity contribution in [2.45, 2.75) is 19.4 Å². The fourth-order valence-corrected chi connectivity index (χ4v) is 3.01. The standard InChI is InChI=1S/C21H26ClN5O.HI/c1-26(16-20-25-15-19(22)27(20)2)21(24-13-11-18-9-6-14-28-18)23-12-10-17-7-4-3-5-8-17;/h3-9,14-15H,10-13,16H2,1-2H3,(H,23,24);1H. The lowest BCUT2D eigenvalue weighted by atomic mass is 10.1. The molecule has 8 heteroatoms. The van der Waals surface area contributed by atoms with Crippen LogP contribution in [-0.2, 0) is 26.4 Å². The van der Waals surface area contributed by atoms with Gasteiger partial charge in [-0.05, 0) is 24.1 Å². The van der Waals surface area contributed by atoms with Crippen LogP contribution < -0.4 is 5.32 Å². The molecule has 2 heterocycles. The number of nitrogens with zero attached hydrogens (tertiary/aromatic N) is 4. The molecule has 0 unspecified atom stereocenters. The van der Waals surface area contributed by atoms with E-state index >= 15 is 0 Å². The number of halogens is 2. The first-order valence-corrected chi connectivity index (χ1v) is 9.73. The summed E-state index contributed by atoms with van der Waals surface area (Å²) in [7, 11) is 3.92. The zero-order valence-corrected chi connectivity index (χ0v) is 19.8. The van der Waals surface area contributed by atoms with Crippen LogP contribution in [0.25, 0.3) is 0 Å². The summed E-state index contributed by atoms with van der Waals surface area (Å²) >= 11 is 6.11. The number of guanidine groups is 1. The predicted octanol–water partition coefficient (Wildman–Crippen LogP) is 4.15. The molecule has 29 heavy (non-hydrogen) atoms. The van der Waals surface area contributed by atoms with E-state index in [1.807, 2.05) is 36.9 Å². The highest BCUT2D eigenvalue weighted by atomic mass is 127. The van der Waals surface area contributed by atoms with Gasteiger partial charge in [0.1, 0.15) is 16.7 Å². The molecule has 156 valence electrons. The highest BCUT2D eigenvalue weighted by Crippen LogP contribution is 2.11. The first kappa shape index (κ1) is 23.3. The smallest absolute Gasteiger partial charge is 0.194 e. The van der Waals surface area contributed by atoms with Crippen LogP contribution in [0.5, 0.6) is 0 Å². The maximum Gasteiger partial charge on any atom is 0.194 e. The van der Waals surface area contributed by atoms with Crippen LogP contribution in [0.4, 0.5) is 0 Å². The fourth-order valence-electron chi connectivity index (χ4n) is 2.86. The van der Waals surface area contributed by atoms with Gasteiger partial charge in [0.25, 0.3) is 0 Å². The number of rotatable bonds is 8. The topological polar surface area (TPSA) is 58.6 Å². The van der Waals surface area contributed by atoms with Gasteiger partial charge in [-0.3, -0.25) is 4.99 Å². The number of furan rings is 1. The van der Waals surface area contributed by atoms with Crippen LogP contribution in [0.3, 0.4) is 0 Å². The number of aliphatic imine (C=N–C) groups is 1. The molecular formula is C21H27ClIN5O. The third-order valence-corrected chi connectivity index (χ3v) is 4.86. The maximum absolute atomic E-state index is 6.11. The minimum absolute atomic E-state index is 0. The van der Waals surface area contributed by atoms with Crippen molar-refractivity contribution in [3.8, 4) is 0 Å². The van der Waals surface area contributed by atoms with E-state index in [1.54, 1.807) is 12.5 Å². The van der Waals surface area contributed by atoms with Crippen molar-refractivity contribution in [1.82, 2.24) is 19.8 Å². The molecule has 0 bridgehead atoms. The normalized spacial score (nSPS) is 11.2. The third-order valence-electron chi connectivity index (χ3n) is 4.51. The molecule has 1 aromatic carbocycles. The van der Waals surface area contributed by atoms with Crippen molar-refractivity contribution in [1.29, 1.82) is 0 Å². The minimum atomic E-state index is 0. The highest BCUT2D eigenvalue weighted by molar-refractivity contribution is 14.0. The molecule has 1 N–H and O–H groups in total. The number of hydrogen-bond donors (Lipinski definition) is 1. The fraction of sp³-hybridized carbons (Fsp3) is 0.333. The zero-order chi connectivity index (χ0) is 19.8. The van der Waals surface area contributed by atoms with Crippen LogP contribution in [0, 0.1) is 0 Å². The number of benzene rings is 1. The Balaban J connectivity index is 0.00000300. The van der Waals surface area contributed by atoms with Crippen molar-refractivity contribution in [3.05, 3.63) is 77.2 Å². The largest absolute Gasteiger partial charge is 0.469 e. The molecule has 0 saturated carbocycles. The van der Waals surface area contributed by atoms with Crippen LogP contribution >= 0.6 is 35.6 Å². The third kappa shape index (κ3) is 7.08. The van der Waals surface area contributed by atoms with Gasteiger partial charge in [0.15, 0.2) is 5.96 Å². The van der Waals surface area contributed by atoms with E-state index in [9.17, 15) is 0 Å². The molecule has 0 atom stereocenters. The SMILES string of the molecule is CN(Cc1ncc(Cl)n1C)C(=NCCc1ccco1)NCCc1ccccc1.I. The minimum Gasteiger partial charge on any atom is -0.469 e. The monoisotopic (exact) mass is 527 g/mol. The average Bonchev–Trinajstić information content (AvgIpc) is 3.33. The molecule has 0 aliphatic rings. The Bertz CT molecular complexity index is 880. The predicted molar refractivity (Wildman–Crippen MR) is 128 cm³/mol. The Morgan fingerprint density at radius 1 is 1.21 bits per heavy atom. The van der Waals surface area contributed by atoms with Gasteiger partial charge in [0.05, 0.1) is 19.0 Å². The lowest BCUT2D eigenvalue weighted by molar-refractivity contribution is 0.451. The lowest BCUT2D eigenvalue weighted by Crippen LogP contribution is -2.40. The Labute approximate surface area is 194 Å². The van der Waals surface area contributed by atoms with Crippen molar-refractivity contribution in [2.24, 2.45) is 12.0 Å². The lowest BCUT2D eigenvalue weighted by Gasteiger charge is -2.22. The highest BCUT2D eigenvalue weighted by Gasteiger charge is 2.12. The first-order chi connectivity index (χ1) is 13.6. The summed E-state index contributed by atoms with van der Waals surface area (Å²) in [4.78, 5) is 11.2. The second-order valence-corrected chi connectivity index (χ2v) is 7.00. The molecule has 3 aromatic rings. The molecule has 0 fully saturated rings. The van der Waals surface area contributed by atoms with Gasteiger partial charge in [0, 0.05) is 33.6 Å². The molecule has 0 radical (unpaired) electrons. The van der Waals surface area contributed by atoms with E-state index < -0.39 is 0 Å². The van der Waals surface area contributed by atoms with Crippen LogP contribution in [-0.4, -0.2) is 40.5 Å². The number of imidazole rings is 1. The van der Waals surface area contributed by atoms with Crippen molar-refractivity contribution in [3.63, 3.8) is 0 Å². The molecule has 0 aliphatic carbocycles. The van der Waals surface area contributed by atoms with Gasteiger partial charge in [-0.1, -0.05) is 41.9 Å². The summed E-state index contributed by atoms with van der Waals surface area (Å²) in [5.74, 6) is 2.66. The van der Waals surface area contributed by atoms with Crippen molar-refractivity contribution < 1.29 is 4.42 Å².